The largest absolute Gasteiger partial charge is 0.493 e. The molecule has 1 amide bonds. The second-order valence-corrected chi connectivity index (χ2v) is 6.45. The number of hydrogen-bond acceptors (Lipinski definition) is 3. The highest BCUT2D eigenvalue weighted by Gasteiger charge is 2.28. The molecule has 5 heteroatoms. The first kappa shape index (κ1) is 16.9. The summed E-state index contributed by atoms with van der Waals surface area (Å²) in [6.45, 7) is 4.45. The van der Waals surface area contributed by atoms with E-state index in [0.717, 1.165) is 12.8 Å². The van der Waals surface area contributed by atoms with Crippen molar-refractivity contribution < 1.29 is 14.3 Å². The topological polar surface area (TPSA) is 47.6 Å². The highest BCUT2D eigenvalue weighted by Crippen LogP contribution is 2.36. The predicted molar refractivity (Wildman–Crippen MR) is 88.0 cm³/mol. The number of hydrogen-bond donors (Lipinski definition) is 1. The average molecular weight is 326 g/mol. The van der Waals surface area contributed by atoms with E-state index in [-0.39, 0.29) is 11.9 Å². The van der Waals surface area contributed by atoms with E-state index in [1.54, 1.807) is 12.1 Å². The molecule has 1 aromatic rings. The fourth-order valence-electron chi connectivity index (χ4n) is 3.09. The van der Waals surface area contributed by atoms with Crippen LogP contribution in [0.2, 0.25) is 5.02 Å². The minimum atomic E-state index is -0.117. The maximum atomic E-state index is 12.5. The van der Waals surface area contributed by atoms with Crippen molar-refractivity contribution in [3.05, 3.63) is 22.7 Å². The minimum absolute atomic E-state index is 0.117. The molecule has 1 aliphatic carbocycles. The Bertz CT molecular complexity index is 547. The van der Waals surface area contributed by atoms with Crippen LogP contribution in [0.1, 0.15) is 43.5 Å². The Balaban J connectivity index is 2.17. The van der Waals surface area contributed by atoms with Gasteiger partial charge in [-0.1, -0.05) is 38.3 Å². The first-order chi connectivity index (χ1) is 10.5. The molecular weight excluding hydrogens is 302 g/mol. The van der Waals surface area contributed by atoms with E-state index in [9.17, 15) is 4.79 Å². The van der Waals surface area contributed by atoms with Crippen molar-refractivity contribution in [2.45, 2.75) is 39.2 Å². The maximum Gasteiger partial charge on any atom is 0.251 e. The first-order valence-corrected chi connectivity index (χ1v) is 8.08. The first-order valence-electron chi connectivity index (χ1n) is 7.70. The van der Waals surface area contributed by atoms with Crippen molar-refractivity contribution in [1.82, 2.24) is 5.32 Å². The lowest BCUT2D eigenvalue weighted by Gasteiger charge is -2.34. The Kier molecular flexibility index (Phi) is 5.57. The molecule has 1 fully saturated rings. The molecule has 1 saturated carbocycles. The van der Waals surface area contributed by atoms with Crippen molar-refractivity contribution in [2.75, 3.05) is 14.2 Å². The number of amides is 1. The fraction of sp³-hybridized carbons (Fsp3) is 0.588. The van der Waals surface area contributed by atoms with Gasteiger partial charge in [-0.25, -0.2) is 0 Å². The van der Waals surface area contributed by atoms with E-state index in [2.05, 4.69) is 19.2 Å². The van der Waals surface area contributed by atoms with Crippen LogP contribution in [0.3, 0.4) is 0 Å². The molecule has 3 atom stereocenters. The number of methoxy groups -OCH3 is 2. The third kappa shape index (κ3) is 3.49. The molecule has 0 saturated heterocycles. The minimum Gasteiger partial charge on any atom is -0.493 e. The molecular formula is C17H24ClNO3. The van der Waals surface area contributed by atoms with Crippen LogP contribution in [0, 0.1) is 11.8 Å². The van der Waals surface area contributed by atoms with Crippen LogP contribution in [-0.2, 0) is 0 Å². The van der Waals surface area contributed by atoms with Crippen molar-refractivity contribution in [3.8, 4) is 11.5 Å². The van der Waals surface area contributed by atoms with Crippen LogP contribution in [-0.4, -0.2) is 26.2 Å². The molecule has 0 unspecified atom stereocenters. The van der Waals surface area contributed by atoms with Crippen LogP contribution in [0.15, 0.2) is 12.1 Å². The second-order valence-electron chi connectivity index (χ2n) is 6.04. The Morgan fingerprint density at radius 3 is 2.59 bits per heavy atom. The van der Waals surface area contributed by atoms with Gasteiger partial charge in [-0.05, 0) is 30.4 Å². The van der Waals surface area contributed by atoms with E-state index in [1.807, 2.05) is 0 Å². The lowest BCUT2D eigenvalue weighted by atomic mass is 9.78. The summed E-state index contributed by atoms with van der Waals surface area (Å²) in [6.07, 6.45) is 3.41. The fourth-order valence-corrected chi connectivity index (χ4v) is 3.37. The molecule has 0 radical (unpaired) electrons. The maximum absolute atomic E-state index is 12.5. The number of nitrogens with one attached hydrogen (secondary N) is 1. The predicted octanol–water partition coefficient (Wildman–Crippen LogP) is 3.91. The number of benzene rings is 1. The van der Waals surface area contributed by atoms with Gasteiger partial charge in [0.1, 0.15) is 0 Å². The van der Waals surface area contributed by atoms with Crippen molar-refractivity contribution >= 4 is 17.5 Å². The van der Waals surface area contributed by atoms with Crippen LogP contribution in [0.5, 0.6) is 11.5 Å². The van der Waals surface area contributed by atoms with Crippen molar-refractivity contribution in [1.29, 1.82) is 0 Å². The van der Waals surface area contributed by atoms with Gasteiger partial charge in [0.2, 0.25) is 0 Å². The Hall–Kier alpha value is -1.42. The summed E-state index contributed by atoms with van der Waals surface area (Å²) in [7, 11) is 3.05. The normalized spacial score (nSPS) is 24.7. The quantitative estimate of drug-likeness (QED) is 0.913. The molecule has 0 aromatic heterocycles. The molecule has 0 heterocycles. The molecule has 0 aliphatic heterocycles. The van der Waals surface area contributed by atoms with E-state index in [0.29, 0.717) is 33.9 Å². The van der Waals surface area contributed by atoms with Gasteiger partial charge in [-0.15, -0.1) is 0 Å². The number of carbonyl (C=O) groups is 1. The van der Waals surface area contributed by atoms with Crippen LogP contribution >= 0.6 is 11.6 Å². The molecule has 4 nitrogen and oxygen atoms in total. The van der Waals surface area contributed by atoms with Gasteiger partial charge in [0.25, 0.3) is 5.91 Å². The summed E-state index contributed by atoms with van der Waals surface area (Å²) in [4.78, 5) is 12.5. The van der Waals surface area contributed by atoms with Crippen LogP contribution in [0.4, 0.5) is 0 Å². The molecule has 1 N–H and O–H groups in total. The Morgan fingerprint density at radius 2 is 1.95 bits per heavy atom. The summed E-state index contributed by atoms with van der Waals surface area (Å²) >= 11 is 6.17. The van der Waals surface area contributed by atoms with Gasteiger partial charge in [-0.2, -0.15) is 0 Å². The average Bonchev–Trinajstić information content (AvgIpc) is 2.50. The number of rotatable bonds is 4. The number of ether oxygens (including phenoxy) is 2. The van der Waals surface area contributed by atoms with E-state index >= 15 is 0 Å². The van der Waals surface area contributed by atoms with Crippen molar-refractivity contribution in [3.63, 3.8) is 0 Å². The molecule has 1 aliphatic rings. The second kappa shape index (κ2) is 7.23. The zero-order valence-corrected chi connectivity index (χ0v) is 14.4. The monoisotopic (exact) mass is 325 g/mol. The van der Waals surface area contributed by atoms with Gasteiger partial charge in [0, 0.05) is 11.6 Å². The van der Waals surface area contributed by atoms with E-state index < -0.39 is 0 Å². The molecule has 22 heavy (non-hydrogen) atoms. The van der Waals surface area contributed by atoms with Gasteiger partial charge in [0.05, 0.1) is 19.2 Å². The highest BCUT2D eigenvalue weighted by molar-refractivity contribution is 6.32. The lowest BCUT2D eigenvalue weighted by Crippen LogP contribution is -2.43. The summed E-state index contributed by atoms with van der Waals surface area (Å²) in [5.41, 5.74) is 0.494. The zero-order valence-electron chi connectivity index (χ0n) is 13.6. The SMILES string of the molecule is COc1cc(C(=O)N[C@H]2CCC[C@H](C)[C@H]2C)cc(Cl)c1OC. The van der Waals surface area contributed by atoms with Gasteiger partial charge >= 0.3 is 0 Å². The Morgan fingerprint density at radius 1 is 1.23 bits per heavy atom. The zero-order chi connectivity index (χ0) is 16.3. The summed E-state index contributed by atoms with van der Waals surface area (Å²) < 4.78 is 10.4. The summed E-state index contributed by atoms with van der Waals surface area (Å²) in [6, 6.07) is 3.50. The molecule has 2 rings (SSSR count). The summed E-state index contributed by atoms with van der Waals surface area (Å²) in [5.74, 6) is 1.90. The molecule has 122 valence electrons. The third-order valence-corrected chi connectivity index (χ3v) is 5.00. The van der Waals surface area contributed by atoms with Crippen LogP contribution < -0.4 is 14.8 Å². The van der Waals surface area contributed by atoms with E-state index in [1.165, 1.54) is 20.6 Å². The van der Waals surface area contributed by atoms with Gasteiger partial charge in [-0.3, -0.25) is 4.79 Å². The van der Waals surface area contributed by atoms with Crippen LogP contribution in [0.25, 0.3) is 0 Å². The number of halogens is 1. The van der Waals surface area contributed by atoms with Crippen molar-refractivity contribution in [2.24, 2.45) is 11.8 Å². The van der Waals surface area contributed by atoms with Gasteiger partial charge in [0.15, 0.2) is 11.5 Å². The lowest BCUT2D eigenvalue weighted by molar-refractivity contribution is 0.0890. The standard InChI is InChI=1S/C17H24ClNO3/c1-10-6-5-7-14(11(10)2)19-17(20)12-8-13(18)16(22-4)15(9-12)21-3/h8-11,14H,5-7H2,1-4H3,(H,19,20)/t10-,11+,14-/m0/s1. The third-order valence-electron chi connectivity index (χ3n) is 4.72. The Labute approximate surface area is 137 Å². The van der Waals surface area contributed by atoms with E-state index in [4.69, 9.17) is 21.1 Å². The number of carbonyl (C=O) groups excluding carboxylic acids is 1. The molecule has 1 aromatic carbocycles. The molecule has 0 bridgehead atoms. The van der Waals surface area contributed by atoms with Gasteiger partial charge < -0.3 is 14.8 Å². The summed E-state index contributed by atoms with van der Waals surface area (Å²) in [5, 5.41) is 3.51. The smallest absolute Gasteiger partial charge is 0.251 e. The molecule has 0 spiro atoms. The highest BCUT2D eigenvalue weighted by atomic mass is 35.5.